The molecule has 0 bridgehead atoms. The fourth-order valence-corrected chi connectivity index (χ4v) is 2.13. The molecule has 1 aliphatic rings. The second-order valence-corrected chi connectivity index (χ2v) is 4.73. The van der Waals surface area contributed by atoms with Crippen molar-refractivity contribution >= 4 is 23.3 Å². The zero-order chi connectivity index (χ0) is 15.6. The van der Waals surface area contributed by atoms with Crippen molar-refractivity contribution in [2.45, 2.75) is 12.5 Å². The molecule has 7 nitrogen and oxygen atoms in total. The predicted molar refractivity (Wildman–Crippen MR) is 74.8 cm³/mol. The average Bonchev–Trinajstić information content (AvgIpc) is 2.47. The number of likely N-dealkylation sites (N-methyl/N-ethyl adjacent to an activating group) is 2. The molecule has 0 saturated heterocycles. The summed E-state index contributed by atoms with van der Waals surface area (Å²) >= 11 is 0. The van der Waals surface area contributed by atoms with Gasteiger partial charge >= 0.3 is 5.97 Å². The van der Waals surface area contributed by atoms with Gasteiger partial charge in [-0.25, -0.2) is 0 Å². The van der Waals surface area contributed by atoms with Crippen LogP contribution in [0.4, 0.5) is 5.69 Å². The van der Waals surface area contributed by atoms with Crippen molar-refractivity contribution in [1.29, 1.82) is 0 Å². The van der Waals surface area contributed by atoms with Crippen molar-refractivity contribution in [1.82, 2.24) is 5.32 Å². The highest BCUT2D eigenvalue weighted by molar-refractivity contribution is 6.04. The van der Waals surface area contributed by atoms with Gasteiger partial charge in [-0.05, 0) is 25.2 Å². The van der Waals surface area contributed by atoms with Crippen molar-refractivity contribution in [2.75, 3.05) is 25.6 Å². The van der Waals surface area contributed by atoms with Crippen LogP contribution in [0, 0.1) is 0 Å². The Balaban J connectivity index is 2.31. The van der Waals surface area contributed by atoms with E-state index >= 15 is 0 Å². The van der Waals surface area contributed by atoms with E-state index in [4.69, 9.17) is 9.84 Å². The van der Waals surface area contributed by atoms with Crippen LogP contribution < -0.4 is 15.0 Å². The number of rotatable bonds is 5. The second-order valence-electron chi connectivity index (χ2n) is 4.73. The van der Waals surface area contributed by atoms with E-state index in [-0.39, 0.29) is 24.7 Å². The lowest BCUT2D eigenvalue weighted by molar-refractivity contribution is -0.137. The molecule has 7 heteroatoms. The number of amides is 1. The number of ether oxygens (including phenoxy) is 1. The van der Waals surface area contributed by atoms with E-state index in [9.17, 15) is 14.4 Å². The van der Waals surface area contributed by atoms with E-state index < -0.39 is 12.0 Å². The highest BCUT2D eigenvalue weighted by Crippen LogP contribution is 2.32. The zero-order valence-corrected chi connectivity index (χ0v) is 11.8. The monoisotopic (exact) mass is 292 g/mol. The molecule has 1 aromatic rings. The number of carbonyl (C=O) groups is 3. The number of aliphatic carboxylic acids is 1. The molecule has 0 aromatic heterocycles. The van der Waals surface area contributed by atoms with Crippen LogP contribution in [0.3, 0.4) is 0 Å². The molecule has 0 fully saturated rings. The minimum atomic E-state index is -1.06. The first-order chi connectivity index (χ1) is 9.93. The van der Waals surface area contributed by atoms with Crippen LogP contribution in [0.2, 0.25) is 0 Å². The second kappa shape index (κ2) is 5.92. The minimum Gasteiger partial charge on any atom is -0.482 e. The number of ketones is 1. The molecule has 112 valence electrons. The van der Waals surface area contributed by atoms with Crippen molar-refractivity contribution in [2.24, 2.45) is 0 Å². The van der Waals surface area contributed by atoms with Gasteiger partial charge in [-0.2, -0.15) is 0 Å². The molecule has 2 rings (SSSR count). The fraction of sp³-hybridized carbons (Fsp3) is 0.357. The fourth-order valence-electron chi connectivity index (χ4n) is 2.13. The van der Waals surface area contributed by atoms with Crippen LogP contribution >= 0.6 is 0 Å². The van der Waals surface area contributed by atoms with Crippen molar-refractivity contribution in [3.05, 3.63) is 23.8 Å². The summed E-state index contributed by atoms with van der Waals surface area (Å²) in [5, 5.41) is 11.5. The maximum atomic E-state index is 12.3. The van der Waals surface area contributed by atoms with E-state index in [1.165, 1.54) is 11.9 Å². The number of Topliss-reactive ketones (excluding diaryl/α,β-unsaturated/α-hetero) is 1. The first kappa shape index (κ1) is 15.0. The molecule has 1 heterocycles. The maximum Gasteiger partial charge on any atom is 0.305 e. The van der Waals surface area contributed by atoms with Gasteiger partial charge in [0.25, 0.3) is 5.91 Å². The molecule has 1 atom stereocenters. The Hall–Kier alpha value is -2.41. The molecule has 0 aliphatic carbocycles. The normalized spacial score (nSPS) is 15.1. The van der Waals surface area contributed by atoms with Gasteiger partial charge in [-0.15, -0.1) is 0 Å². The smallest absolute Gasteiger partial charge is 0.305 e. The highest BCUT2D eigenvalue weighted by atomic mass is 16.5. The molecule has 0 saturated carbocycles. The first-order valence-corrected chi connectivity index (χ1v) is 6.40. The summed E-state index contributed by atoms with van der Waals surface area (Å²) in [6.45, 7) is -0.0328. The SMILES string of the molecule is CNC(CC(=O)O)C(=O)c1ccc2c(c1)N(C)C(=O)CO2. The lowest BCUT2D eigenvalue weighted by Gasteiger charge is -2.26. The largest absolute Gasteiger partial charge is 0.482 e. The molecule has 1 aromatic carbocycles. The van der Waals surface area contributed by atoms with Gasteiger partial charge in [0.2, 0.25) is 0 Å². The summed E-state index contributed by atoms with van der Waals surface area (Å²) in [6.07, 6.45) is -0.308. The molecule has 2 N–H and O–H groups in total. The molecule has 21 heavy (non-hydrogen) atoms. The van der Waals surface area contributed by atoms with Gasteiger partial charge in [0.1, 0.15) is 5.75 Å². The Bertz CT molecular complexity index is 599. The maximum absolute atomic E-state index is 12.3. The Labute approximate surface area is 121 Å². The predicted octanol–water partition coefficient (Wildman–Crippen LogP) is 0.287. The van der Waals surface area contributed by atoms with Gasteiger partial charge in [-0.3, -0.25) is 14.4 Å². The average molecular weight is 292 g/mol. The number of carboxylic acids is 1. The van der Waals surface area contributed by atoms with Crippen LogP contribution in [-0.2, 0) is 9.59 Å². The molecule has 1 aliphatic heterocycles. The standard InChI is InChI=1S/C14H16N2O5/c1-15-9(6-13(18)19)14(20)8-3-4-11-10(5-8)16(2)12(17)7-21-11/h3-5,9,15H,6-7H2,1-2H3,(H,18,19). The number of fused-ring (bicyclic) bond motifs is 1. The third-order valence-electron chi connectivity index (χ3n) is 3.37. The Morgan fingerprint density at radius 1 is 1.48 bits per heavy atom. The molecule has 1 amide bonds. The lowest BCUT2D eigenvalue weighted by atomic mass is 10.0. The van der Waals surface area contributed by atoms with Crippen molar-refractivity contribution in [3.8, 4) is 5.75 Å². The molecule has 1 unspecified atom stereocenters. The van der Waals surface area contributed by atoms with Gasteiger partial charge in [0.05, 0.1) is 18.2 Å². The molecule has 0 radical (unpaired) electrons. The summed E-state index contributed by atoms with van der Waals surface area (Å²) in [6, 6.07) is 3.91. The van der Waals surface area contributed by atoms with Crippen LogP contribution in [0.15, 0.2) is 18.2 Å². The zero-order valence-electron chi connectivity index (χ0n) is 11.8. The number of hydrogen-bond donors (Lipinski definition) is 2. The van der Waals surface area contributed by atoms with Crippen LogP contribution in [0.25, 0.3) is 0 Å². The number of carbonyl (C=O) groups excluding carboxylic acids is 2. The van der Waals surface area contributed by atoms with Gasteiger partial charge < -0.3 is 20.1 Å². The number of anilines is 1. The molecular formula is C14H16N2O5. The number of benzene rings is 1. The minimum absolute atomic E-state index is 0.0328. The number of nitrogens with zero attached hydrogens (tertiary/aromatic N) is 1. The van der Waals surface area contributed by atoms with E-state index in [0.717, 1.165) is 0 Å². The van der Waals surface area contributed by atoms with Gasteiger partial charge in [0.15, 0.2) is 12.4 Å². The summed E-state index contributed by atoms with van der Waals surface area (Å²) in [5.74, 6) is -1.08. The number of nitrogens with one attached hydrogen (secondary N) is 1. The van der Waals surface area contributed by atoms with Crippen LogP contribution in [0.5, 0.6) is 5.75 Å². The summed E-state index contributed by atoms with van der Waals surface area (Å²) in [5.41, 5.74) is 0.835. The quantitative estimate of drug-likeness (QED) is 0.757. The third-order valence-corrected chi connectivity index (χ3v) is 3.37. The lowest BCUT2D eigenvalue weighted by Crippen LogP contribution is -2.37. The van der Waals surface area contributed by atoms with Crippen molar-refractivity contribution in [3.63, 3.8) is 0 Å². The highest BCUT2D eigenvalue weighted by Gasteiger charge is 2.26. The van der Waals surface area contributed by atoms with E-state index in [0.29, 0.717) is 17.0 Å². The van der Waals surface area contributed by atoms with Gasteiger partial charge in [0, 0.05) is 12.6 Å². The summed E-state index contributed by atoms with van der Waals surface area (Å²) in [4.78, 5) is 36.1. The van der Waals surface area contributed by atoms with E-state index in [2.05, 4.69) is 5.32 Å². The van der Waals surface area contributed by atoms with E-state index in [1.807, 2.05) is 0 Å². The third kappa shape index (κ3) is 3.03. The molecular weight excluding hydrogens is 276 g/mol. The number of hydrogen-bond acceptors (Lipinski definition) is 5. The summed E-state index contributed by atoms with van der Waals surface area (Å²) < 4.78 is 5.28. The van der Waals surface area contributed by atoms with E-state index in [1.54, 1.807) is 25.2 Å². The Morgan fingerprint density at radius 3 is 2.81 bits per heavy atom. The van der Waals surface area contributed by atoms with Crippen LogP contribution in [0.1, 0.15) is 16.8 Å². The van der Waals surface area contributed by atoms with Crippen LogP contribution in [-0.4, -0.2) is 49.5 Å². The first-order valence-electron chi connectivity index (χ1n) is 6.40. The number of carboxylic acid groups (broad SMARTS) is 1. The topological polar surface area (TPSA) is 95.9 Å². The Morgan fingerprint density at radius 2 is 2.19 bits per heavy atom. The van der Waals surface area contributed by atoms with Gasteiger partial charge in [-0.1, -0.05) is 0 Å². The molecule has 0 spiro atoms. The Kier molecular flexibility index (Phi) is 4.23. The summed E-state index contributed by atoms with van der Waals surface area (Å²) in [7, 11) is 3.13. The van der Waals surface area contributed by atoms with Crippen molar-refractivity contribution < 1.29 is 24.2 Å².